The van der Waals surface area contributed by atoms with Crippen LogP contribution in [0.5, 0.6) is 0 Å². The van der Waals surface area contributed by atoms with Crippen molar-refractivity contribution >= 4 is 17.8 Å². The number of carbonyl (C=O) groups is 3. The molecule has 9 atom stereocenters. The van der Waals surface area contributed by atoms with Gasteiger partial charge in [-0.1, -0.05) is 139 Å². The van der Waals surface area contributed by atoms with Gasteiger partial charge in [-0.2, -0.15) is 0 Å². The fourth-order valence-electron chi connectivity index (χ4n) is 15.3. The average Bonchev–Trinajstić information content (AvgIpc) is 3.55. The van der Waals surface area contributed by atoms with Crippen LogP contribution in [0.1, 0.15) is 141 Å². The number of alkyl carbamates (subject to hydrolysis) is 1. The number of hydrogen-bond donors (Lipinski definition) is 1. The molecular formula is C54H67NO5. The van der Waals surface area contributed by atoms with E-state index in [1.165, 1.54) is 11.1 Å². The van der Waals surface area contributed by atoms with E-state index in [0.29, 0.717) is 11.8 Å². The Morgan fingerprint density at radius 2 is 1.37 bits per heavy atom. The van der Waals surface area contributed by atoms with Crippen molar-refractivity contribution in [3.05, 3.63) is 107 Å². The van der Waals surface area contributed by atoms with E-state index >= 15 is 4.79 Å². The quantitative estimate of drug-likeness (QED) is 0.190. The maximum atomic E-state index is 15.2. The Balaban J connectivity index is 0.965. The first kappa shape index (κ1) is 41.2. The largest absolute Gasteiger partial charge is 0.469 e. The molecule has 0 bridgehead atoms. The maximum Gasteiger partial charge on any atom is 0.408 e. The first-order valence-corrected chi connectivity index (χ1v) is 23.0. The first-order valence-electron chi connectivity index (χ1n) is 23.0. The highest BCUT2D eigenvalue weighted by atomic mass is 16.5. The van der Waals surface area contributed by atoms with Crippen LogP contribution in [0.4, 0.5) is 4.79 Å². The molecule has 9 rings (SSSR count). The SMILES string of the molecule is COC(=O)[C@]12CCC(C)(C)C[C@H]1C1=CC[C@@H]3[C@@]4(C)CC[C@H](C(=O)[C@@H](NC(=O)OCC5c6ccccc6-c6ccccc65)c5ccccc5)C(C)(C)[C@@H]4CC[C@@]3(C)[C@]1(C)CC2. The van der Waals surface area contributed by atoms with Crippen molar-refractivity contribution in [2.75, 3.05) is 13.7 Å². The van der Waals surface area contributed by atoms with Crippen molar-refractivity contribution in [1.29, 1.82) is 0 Å². The highest BCUT2D eigenvalue weighted by molar-refractivity contribution is 5.91. The number of rotatable bonds is 7. The van der Waals surface area contributed by atoms with E-state index in [9.17, 15) is 9.59 Å². The van der Waals surface area contributed by atoms with Gasteiger partial charge in [0, 0.05) is 11.8 Å². The maximum absolute atomic E-state index is 15.2. The van der Waals surface area contributed by atoms with Crippen molar-refractivity contribution in [3.63, 3.8) is 0 Å². The molecule has 0 aromatic heterocycles. The Morgan fingerprint density at radius 1 is 0.733 bits per heavy atom. The fraction of sp³-hybridized carbons (Fsp3) is 0.574. The number of amides is 1. The molecule has 0 heterocycles. The van der Waals surface area contributed by atoms with Gasteiger partial charge in [0.2, 0.25) is 0 Å². The normalized spacial score (nSPS) is 35.1. The summed E-state index contributed by atoms with van der Waals surface area (Å²) in [6, 6.07) is 25.6. The Labute approximate surface area is 358 Å². The molecule has 60 heavy (non-hydrogen) atoms. The molecule has 1 amide bonds. The number of methoxy groups -OCH3 is 1. The summed E-state index contributed by atoms with van der Waals surface area (Å²) in [5, 5.41) is 3.10. The number of hydrogen-bond acceptors (Lipinski definition) is 5. The Kier molecular flexibility index (Phi) is 9.91. The second kappa shape index (κ2) is 14.4. The van der Waals surface area contributed by atoms with Gasteiger partial charge in [0.15, 0.2) is 5.78 Å². The summed E-state index contributed by atoms with van der Waals surface area (Å²) in [5.41, 5.74) is 6.63. The number of nitrogens with one attached hydrogen (secondary N) is 1. The summed E-state index contributed by atoms with van der Waals surface area (Å²) in [5.74, 6) is 0.844. The summed E-state index contributed by atoms with van der Waals surface area (Å²) in [7, 11) is 1.58. The highest BCUT2D eigenvalue weighted by Crippen LogP contribution is 2.76. The van der Waals surface area contributed by atoms with E-state index in [1.54, 1.807) is 12.7 Å². The number of allylic oxidation sites excluding steroid dienone is 2. The minimum absolute atomic E-state index is 0.000517. The van der Waals surface area contributed by atoms with Gasteiger partial charge >= 0.3 is 12.1 Å². The number of ketones is 1. The first-order chi connectivity index (χ1) is 28.5. The topological polar surface area (TPSA) is 81.7 Å². The van der Waals surface area contributed by atoms with Crippen LogP contribution in [0.15, 0.2) is 90.5 Å². The van der Waals surface area contributed by atoms with Crippen LogP contribution < -0.4 is 5.32 Å². The number of fused-ring (bicyclic) bond motifs is 10. The van der Waals surface area contributed by atoms with Crippen molar-refractivity contribution in [1.82, 2.24) is 5.32 Å². The van der Waals surface area contributed by atoms with Gasteiger partial charge < -0.3 is 14.8 Å². The third-order valence-corrected chi connectivity index (χ3v) is 18.6. The van der Waals surface area contributed by atoms with Gasteiger partial charge in [-0.05, 0) is 137 Å². The smallest absolute Gasteiger partial charge is 0.408 e. The summed E-state index contributed by atoms with van der Waals surface area (Å²) in [6.45, 7) is 17.4. The van der Waals surface area contributed by atoms with Crippen LogP contribution in [0.2, 0.25) is 0 Å². The minimum Gasteiger partial charge on any atom is -0.469 e. The van der Waals surface area contributed by atoms with Crippen LogP contribution in [-0.4, -0.2) is 31.6 Å². The molecule has 0 unspecified atom stereocenters. The van der Waals surface area contributed by atoms with Crippen LogP contribution in [0.3, 0.4) is 0 Å². The molecule has 6 aliphatic carbocycles. The van der Waals surface area contributed by atoms with E-state index < -0.39 is 17.6 Å². The zero-order valence-corrected chi connectivity index (χ0v) is 37.4. The molecule has 0 saturated heterocycles. The van der Waals surface area contributed by atoms with Crippen LogP contribution in [-0.2, 0) is 19.1 Å². The molecule has 6 aliphatic rings. The minimum atomic E-state index is -0.805. The van der Waals surface area contributed by atoms with Gasteiger partial charge in [0.05, 0.1) is 12.5 Å². The fourth-order valence-corrected chi connectivity index (χ4v) is 15.3. The van der Waals surface area contributed by atoms with Crippen LogP contribution in [0.25, 0.3) is 11.1 Å². The predicted octanol–water partition coefficient (Wildman–Crippen LogP) is 12.4. The van der Waals surface area contributed by atoms with Gasteiger partial charge in [-0.3, -0.25) is 9.59 Å². The van der Waals surface area contributed by atoms with E-state index in [2.05, 4.69) is 96.3 Å². The monoisotopic (exact) mass is 810 g/mol. The molecule has 0 radical (unpaired) electrons. The number of benzene rings is 3. The molecule has 318 valence electrons. The lowest BCUT2D eigenvalue weighted by Gasteiger charge is -2.71. The lowest BCUT2D eigenvalue weighted by molar-refractivity contribution is -0.198. The van der Waals surface area contributed by atoms with Gasteiger partial charge in [-0.25, -0.2) is 4.79 Å². The molecule has 0 spiro atoms. The molecule has 3 aromatic rings. The predicted molar refractivity (Wildman–Crippen MR) is 237 cm³/mol. The van der Waals surface area contributed by atoms with Crippen molar-refractivity contribution in [2.24, 2.45) is 56.2 Å². The van der Waals surface area contributed by atoms with Crippen LogP contribution >= 0.6 is 0 Å². The summed E-state index contributed by atoms with van der Waals surface area (Å²) in [6.07, 6.45) is 11.9. The van der Waals surface area contributed by atoms with Crippen LogP contribution in [0, 0.1) is 56.2 Å². The summed E-state index contributed by atoms with van der Waals surface area (Å²) < 4.78 is 11.6. The standard InChI is InChI=1S/C54H67NO5/c1-49(2)28-30-54(47(57)59-8)31-29-52(6)40(42(54)32-49)22-23-44-51(5)26-24-41(50(3,4)43(51)25-27-53(44,52)7)46(56)45(34-16-10-9-11-17-34)55-48(58)60-33-39-37-20-14-12-18-35(37)36-19-13-15-21-38(36)39/h9-22,39,41-45H,23-33H2,1-8H3,(H,55,58)/t41-,42+,43+,44-,45+,51+,52-,53-,54+/m1/s1. The number of esters is 1. The molecule has 1 N–H and O–H groups in total. The third-order valence-electron chi connectivity index (χ3n) is 18.6. The Morgan fingerprint density at radius 3 is 2.03 bits per heavy atom. The molecule has 3 aromatic carbocycles. The second-order valence-electron chi connectivity index (χ2n) is 22.0. The average molecular weight is 810 g/mol. The van der Waals surface area contributed by atoms with Gasteiger partial charge in [-0.15, -0.1) is 0 Å². The van der Waals surface area contributed by atoms with Crippen molar-refractivity contribution in [3.8, 4) is 11.1 Å². The number of Topliss-reactive ketones (excluding diaryl/α,β-unsaturated/α-hetero) is 1. The van der Waals surface area contributed by atoms with Crippen molar-refractivity contribution < 1.29 is 23.9 Å². The zero-order valence-electron chi connectivity index (χ0n) is 37.4. The zero-order chi connectivity index (χ0) is 42.5. The van der Waals surface area contributed by atoms with Crippen molar-refractivity contribution in [2.45, 2.75) is 125 Å². The number of carbonyl (C=O) groups excluding carboxylic acids is 3. The lowest BCUT2D eigenvalue weighted by Crippen LogP contribution is -2.65. The molecule has 4 fully saturated rings. The van der Waals surface area contributed by atoms with Gasteiger partial charge in [0.25, 0.3) is 0 Å². The third kappa shape index (κ3) is 6.03. The lowest BCUT2D eigenvalue weighted by atomic mass is 9.33. The molecule has 6 heteroatoms. The van der Waals surface area contributed by atoms with E-state index in [4.69, 9.17) is 9.47 Å². The second-order valence-corrected chi connectivity index (χ2v) is 22.0. The summed E-state index contributed by atoms with van der Waals surface area (Å²) >= 11 is 0. The molecule has 4 saturated carbocycles. The van der Waals surface area contributed by atoms with Gasteiger partial charge in [0.1, 0.15) is 12.6 Å². The van der Waals surface area contributed by atoms with E-state index in [-0.39, 0.29) is 63.2 Å². The Bertz CT molecular complexity index is 2180. The molecular weight excluding hydrogens is 743 g/mol. The van der Waals surface area contributed by atoms with E-state index in [0.717, 1.165) is 80.9 Å². The molecule has 6 nitrogen and oxygen atoms in total. The highest BCUT2D eigenvalue weighted by Gasteiger charge is 2.69. The number of ether oxygens (including phenoxy) is 2. The van der Waals surface area contributed by atoms with E-state index in [1.807, 2.05) is 42.5 Å². The molecule has 0 aliphatic heterocycles. The Hall–Kier alpha value is -4.19. The summed E-state index contributed by atoms with van der Waals surface area (Å²) in [4.78, 5) is 42.8.